The molecule has 0 aliphatic heterocycles. The second-order valence-electron chi connectivity index (χ2n) is 5.15. The van der Waals surface area contributed by atoms with Gasteiger partial charge in [0.2, 0.25) is 0 Å². The average Bonchev–Trinajstić information content (AvgIpc) is 2.64. The van der Waals surface area contributed by atoms with E-state index in [1.807, 2.05) is 30.3 Å². The van der Waals surface area contributed by atoms with E-state index >= 15 is 0 Å². The number of aliphatic hydroxyl groups excluding tert-OH is 1. The highest BCUT2D eigenvalue weighted by atomic mass is 16.5. The molecule has 0 bridgehead atoms. The van der Waals surface area contributed by atoms with Crippen LogP contribution in [-0.4, -0.2) is 54.7 Å². The Labute approximate surface area is 140 Å². The Morgan fingerprint density at radius 1 is 0.833 bits per heavy atom. The van der Waals surface area contributed by atoms with Gasteiger partial charge in [-0.25, -0.2) is 0 Å². The van der Waals surface area contributed by atoms with Gasteiger partial charge in [-0.05, 0) is 24.3 Å². The van der Waals surface area contributed by atoms with Crippen LogP contribution in [0.5, 0.6) is 5.75 Å². The molecule has 1 N–H and O–H groups in total. The molecule has 1 aromatic carbocycles. The summed E-state index contributed by atoms with van der Waals surface area (Å²) in [5.74, 6) is 0.777. The smallest absolute Gasteiger partial charge is 0.129 e. The Balaban J connectivity index is 1.64. The van der Waals surface area contributed by atoms with Gasteiger partial charge in [-0.3, -0.25) is 9.97 Å². The third-order valence-corrected chi connectivity index (χ3v) is 3.52. The molecule has 0 saturated carbocycles. The molecule has 0 atom stereocenters. The zero-order valence-electron chi connectivity index (χ0n) is 13.4. The molecule has 0 aliphatic carbocycles. The van der Waals surface area contributed by atoms with Crippen molar-refractivity contribution in [3.63, 3.8) is 0 Å². The van der Waals surface area contributed by atoms with E-state index in [1.165, 1.54) is 0 Å². The maximum atomic E-state index is 8.60. The third-order valence-electron chi connectivity index (χ3n) is 3.52. The monoisotopic (exact) mass is 328 g/mol. The summed E-state index contributed by atoms with van der Waals surface area (Å²) in [4.78, 5) is 8.87. The minimum absolute atomic E-state index is 0.0288. The second-order valence-corrected chi connectivity index (χ2v) is 5.15. The van der Waals surface area contributed by atoms with Crippen molar-refractivity contribution in [2.45, 2.75) is 0 Å². The number of ether oxygens (including phenoxy) is 3. The van der Waals surface area contributed by atoms with Crippen LogP contribution in [0.25, 0.3) is 21.8 Å². The Morgan fingerprint density at radius 2 is 1.54 bits per heavy atom. The van der Waals surface area contributed by atoms with Crippen LogP contribution in [0.1, 0.15) is 0 Å². The predicted molar refractivity (Wildman–Crippen MR) is 91.3 cm³/mol. The number of aromatic nitrogens is 2. The van der Waals surface area contributed by atoms with Crippen molar-refractivity contribution in [2.75, 3.05) is 39.6 Å². The Kier molecular flexibility index (Phi) is 5.90. The van der Waals surface area contributed by atoms with Crippen molar-refractivity contribution in [3.05, 3.63) is 42.7 Å². The van der Waals surface area contributed by atoms with E-state index in [0.717, 1.165) is 27.6 Å². The van der Waals surface area contributed by atoms with Crippen molar-refractivity contribution in [1.29, 1.82) is 0 Å². The van der Waals surface area contributed by atoms with Gasteiger partial charge in [0.15, 0.2) is 0 Å². The average molecular weight is 328 g/mol. The standard InChI is InChI=1S/C18H20N2O4/c21-7-8-22-9-10-23-11-12-24-16-13-14-3-1-5-19-17(14)18-15(16)4-2-6-20-18/h1-6,13,21H,7-12H2. The lowest BCUT2D eigenvalue weighted by Crippen LogP contribution is -2.12. The van der Waals surface area contributed by atoms with E-state index in [4.69, 9.17) is 19.3 Å². The predicted octanol–water partition coefficient (Wildman–Crippen LogP) is 2.19. The SMILES string of the molecule is OCCOCCOCCOc1cc2cccnc2c2ncccc12. The fraction of sp³-hybridized carbons (Fsp3) is 0.333. The zero-order chi connectivity index (χ0) is 16.6. The van der Waals surface area contributed by atoms with Crippen LogP contribution in [0.4, 0.5) is 0 Å². The van der Waals surface area contributed by atoms with Crippen LogP contribution in [0.15, 0.2) is 42.7 Å². The molecule has 0 radical (unpaired) electrons. The molecule has 0 aliphatic rings. The highest BCUT2D eigenvalue weighted by Gasteiger charge is 2.09. The van der Waals surface area contributed by atoms with Gasteiger partial charge in [-0.15, -0.1) is 0 Å². The Bertz CT molecular complexity index is 794. The van der Waals surface area contributed by atoms with Crippen LogP contribution < -0.4 is 4.74 Å². The Hall–Kier alpha value is -2.28. The lowest BCUT2D eigenvalue weighted by molar-refractivity contribution is 0.0248. The topological polar surface area (TPSA) is 73.7 Å². The Morgan fingerprint density at radius 3 is 2.38 bits per heavy atom. The first-order chi connectivity index (χ1) is 11.9. The summed E-state index contributed by atoms with van der Waals surface area (Å²) in [6, 6.07) is 9.75. The van der Waals surface area contributed by atoms with Crippen molar-refractivity contribution < 1.29 is 19.3 Å². The molecule has 3 aromatic rings. The molecule has 0 spiro atoms. The molecule has 126 valence electrons. The van der Waals surface area contributed by atoms with Crippen LogP contribution >= 0.6 is 0 Å². The molecule has 6 nitrogen and oxygen atoms in total. The van der Waals surface area contributed by atoms with E-state index < -0.39 is 0 Å². The fourth-order valence-electron chi connectivity index (χ4n) is 2.46. The molecule has 0 unspecified atom stereocenters. The van der Waals surface area contributed by atoms with Gasteiger partial charge in [0.1, 0.15) is 17.9 Å². The first-order valence-electron chi connectivity index (χ1n) is 7.92. The lowest BCUT2D eigenvalue weighted by atomic mass is 10.1. The summed E-state index contributed by atoms with van der Waals surface area (Å²) >= 11 is 0. The molecule has 2 aromatic heterocycles. The van der Waals surface area contributed by atoms with Crippen LogP contribution in [0, 0.1) is 0 Å². The van der Waals surface area contributed by atoms with Gasteiger partial charge in [0.05, 0.1) is 38.6 Å². The quantitative estimate of drug-likeness (QED) is 0.479. The van der Waals surface area contributed by atoms with Gasteiger partial charge < -0.3 is 19.3 Å². The van der Waals surface area contributed by atoms with Crippen molar-refractivity contribution in [2.24, 2.45) is 0 Å². The third kappa shape index (κ3) is 3.97. The fourth-order valence-corrected chi connectivity index (χ4v) is 2.46. The first kappa shape index (κ1) is 16.6. The van der Waals surface area contributed by atoms with Gasteiger partial charge in [-0.2, -0.15) is 0 Å². The van der Waals surface area contributed by atoms with Crippen molar-refractivity contribution in [1.82, 2.24) is 9.97 Å². The van der Waals surface area contributed by atoms with E-state index in [0.29, 0.717) is 33.0 Å². The summed E-state index contributed by atoms with van der Waals surface area (Å²) in [5, 5.41) is 10.5. The molecule has 2 heterocycles. The lowest BCUT2D eigenvalue weighted by Gasteiger charge is -2.11. The minimum atomic E-state index is 0.0288. The van der Waals surface area contributed by atoms with Crippen LogP contribution in [-0.2, 0) is 9.47 Å². The summed E-state index contributed by atoms with van der Waals surface area (Å²) in [6.45, 7) is 2.22. The van der Waals surface area contributed by atoms with E-state index in [9.17, 15) is 0 Å². The van der Waals surface area contributed by atoms with Crippen LogP contribution in [0.3, 0.4) is 0 Å². The molecular weight excluding hydrogens is 308 g/mol. The highest BCUT2D eigenvalue weighted by Crippen LogP contribution is 2.30. The number of rotatable bonds is 9. The number of hydrogen-bond donors (Lipinski definition) is 1. The maximum Gasteiger partial charge on any atom is 0.129 e. The molecule has 24 heavy (non-hydrogen) atoms. The van der Waals surface area contributed by atoms with Crippen molar-refractivity contribution >= 4 is 21.8 Å². The summed E-state index contributed by atoms with van der Waals surface area (Å²) in [6.07, 6.45) is 3.53. The van der Waals surface area contributed by atoms with E-state index in [1.54, 1.807) is 12.4 Å². The highest BCUT2D eigenvalue weighted by molar-refractivity contribution is 6.05. The number of pyridine rings is 2. The molecule has 6 heteroatoms. The molecule has 0 amide bonds. The largest absolute Gasteiger partial charge is 0.490 e. The van der Waals surface area contributed by atoms with Gasteiger partial charge in [-0.1, -0.05) is 6.07 Å². The number of nitrogens with zero attached hydrogens (tertiary/aromatic N) is 2. The number of benzene rings is 1. The number of fused-ring (bicyclic) bond motifs is 3. The summed E-state index contributed by atoms with van der Waals surface area (Å²) in [7, 11) is 0. The maximum absolute atomic E-state index is 8.60. The van der Waals surface area contributed by atoms with E-state index in [-0.39, 0.29) is 6.61 Å². The van der Waals surface area contributed by atoms with Gasteiger partial charge in [0.25, 0.3) is 0 Å². The second kappa shape index (κ2) is 8.54. The van der Waals surface area contributed by atoms with Gasteiger partial charge in [0, 0.05) is 23.2 Å². The molecular formula is C18H20N2O4. The normalized spacial score (nSPS) is 11.2. The van der Waals surface area contributed by atoms with E-state index in [2.05, 4.69) is 9.97 Å². The van der Waals surface area contributed by atoms with Crippen LogP contribution in [0.2, 0.25) is 0 Å². The zero-order valence-corrected chi connectivity index (χ0v) is 13.4. The van der Waals surface area contributed by atoms with Gasteiger partial charge >= 0.3 is 0 Å². The summed E-state index contributed by atoms with van der Waals surface area (Å²) in [5.41, 5.74) is 1.71. The number of aliphatic hydroxyl groups is 1. The molecule has 0 fully saturated rings. The molecule has 3 rings (SSSR count). The number of hydrogen-bond acceptors (Lipinski definition) is 6. The minimum Gasteiger partial charge on any atom is -0.490 e. The summed E-state index contributed by atoms with van der Waals surface area (Å²) < 4.78 is 16.4. The van der Waals surface area contributed by atoms with Crippen molar-refractivity contribution in [3.8, 4) is 5.75 Å². The molecule has 0 saturated heterocycles. The first-order valence-corrected chi connectivity index (χ1v) is 7.92.